The number of benzene rings is 1. The van der Waals surface area contributed by atoms with E-state index in [1.54, 1.807) is 31.2 Å². The number of carbonyl (C=O) groups excluding carboxylic acids is 2. The van der Waals surface area contributed by atoms with Gasteiger partial charge in [-0.15, -0.1) is 0 Å². The van der Waals surface area contributed by atoms with Gasteiger partial charge in [0.1, 0.15) is 6.04 Å². The van der Waals surface area contributed by atoms with E-state index in [2.05, 4.69) is 21.2 Å². The van der Waals surface area contributed by atoms with Gasteiger partial charge in [-0.25, -0.2) is 0 Å². The second-order valence-electron chi connectivity index (χ2n) is 4.20. The zero-order valence-corrected chi connectivity index (χ0v) is 12.0. The molecule has 2 atom stereocenters. The Morgan fingerprint density at radius 3 is 2.74 bits per heavy atom. The van der Waals surface area contributed by atoms with Crippen molar-refractivity contribution in [2.45, 2.75) is 19.4 Å². The highest BCUT2D eigenvalue weighted by atomic mass is 79.9. The Morgan fingerprint density at radius 1 is 1.53 bits per heavy atom. The number of hydrogen-bond acceptors (Lipinski definition) is 3. The summed E-state index contributed by atoms with van der Waals surface area (Å²) in [6.07, 6.45) is 0.145. The molecule has 0 aromatic heterocycles. The predicted molar refractivity (Wildman–Crippen MR) is 74.0 cm³/mol. The van der Waals surface area contributed by atoms with Crippen LogP contribution in [0.5, 0.6) is 0 Å². The first kappa shape index (κ1) is 15.2. The Labute approximate surface area is 119 Å². The number of nitrogens with one attached hydrogen (secondary N) is 1. The standard InChI is InChI=1S/C13H14BrN3O2/c1-8(5-6-15)11(12(16)18)17-13(19)9-3-2-4-10(14)7-9/h2-4,7-8,11H,5H2,1H3,(H2,16,18)(H,17,19)/t8-,11-/m0/s1. The van der Waals surface area contributed by atoms with Gasteiger partial charge >= 0.3 is 0 Å². The van der Waals surface area contributed by atoms with E-state index in [9.17, 15) is 9.59 Å². The molecule has 0 bridgehead atoms. The molecule has 2 amide bonds. The molecule has 0 aliphatic heterocycles. The lowest BCUT2D eigenvalue weighted by Gasteiger charge is -2.20. The van der Waals surface area contributed by atoms with Crippen molar-refractivity contribution in [2.24, 2.45) is 11.7 Å². The summed E-state index contributed by atoms with van der Waals surface area (Å²) < 4.78 is 0.765. The van der Waals surface area contributed by atoms with Crippen LogP contribution < -0.4 is 11.1 Å². The van der Waals surface area contributed by atoms with Crippen molar-refractivity contribution in [3.63, 3.8) is 0 Å². The van der Waals surface area contributed by atoms with Gasteiger partial charge in [-0.2, -0.15) is 5.26 Å². The topological polar surface area (TPSA) is 96.0 Å². The Hall–Kier alpha value is -1.87. The third kappa shape index (κ3) is 4.38. The summed E-state index contributed by atoms with van der Waals surface area (Å²) in [6, 6.07) is 7.89. The van der Waals surface area contributed by atoms with Crippen LogP contribution >= 0.6 is 15.9 Å². The van der Waals surface area contributed by atoms with E-state index in [1.807, 2.05) is 6.07 Å². The van der Waals surface area contributed by atoms with Crippen LogP contribution in [0.3, 0.4) is 0 Å². The third-order valence-electron chi connectivity index (χ3n) is 2.66. The van der Waals surface area contributed by atoms with Crippen LogP contribution in [0.25, 0.3) is 0 Å². The van der Waals surface area contributed by atoms with Crippen molar-refractivity contribution < 1.29 is 9.59 Å². The fourth-order valence-electron chi connectivity index (χ4n) is 1.61. The summed E-state index contributed by atoms with van der Waals surface area (Å²) in [5.41, 5.74) is 5.67. The van der Waals surface area contributed by atoms with E-state index in [0.717, 1.165) is 4.47 Å². The number of nitriles is 1. The Balaban J connectivity index is 2.83. The summed E-state index contributed by atoms with van der Waals surface area (Å²) in [4.78, 5) is 23.3. The van der Waals surface area contributed by atoms with Gasteiger partial charge in [0.15, 0.2) is 0 Å². The molecule has 19 heavy (non-hydrogen) atoms. The number of carbonyl (C=O) groups is 2. The van der Waals surface area contributed by atoms with Crippen molar-refractivity contribution in [2.75, 3.05) is 0 Å². The molecule has 0 unspecified atom stereocenters. The zero-order valence-electron chi connectivity index (χ0n) is 10.4. The first-order valence-electron chi connectivity index (χ1n) is 5.68. The number of hydrogen-bond donors (Lipinski definition) is 2. The Morgan fingerprint density at radius 2 is 2.21 bits per heavy atom. The van der Waals surface area contributed by atoms with E-state index in [4.69, 9.17) is 11.0 Å². The molecule has 0 radical (unpaired) electrons. The Kier molecular flexibility index (Phi) is 5.52. The van der Waals surface area contributed by atoms with E-state index >= 15 is 0 Å². The molecule has 0 aliphatic rings. The lowest BCUT2D eigenvalue weighted by atomic mass is 9.98. The number of nitrogens with two attached hydrogens (primary N) is 1. The van der Waals surface area contributed by atoms with E-state index in [0.29, 0.717) is 5.56 Å². The van der Waals surface area contributed by atoms with Crippen LogP contribution in [-0.2, 0) is 4.79 Å². The molecule has 0 fully saturated rings. The van der Waals surface area contributed by atoms with Crippen LogP contribution in [0.1, 0.15) is 23.7 Å². The van der Waals surface area contributed by atoms with Gasteiger partial charge in [0.2, 0.25) is 5.91 Å². The minimum Gasteiger partial charge on any atom is -0.368 e. The summed E-state index contributed by atoms with van der Waals surface area (Å²) >= 11 is 3.26. The maximum Gasteiger partial charge on any atom is 0.251 e. The second-order valence-corrected chi connectivity index (χ2v) is 5.12. The van der Waals surface area contributed by atoms with Crippen molar-refractivity contribution in [1.29, 1.82) is 5.26 Å². The summed E-state index contributed by atoms with van der Waals surface area (Å²) in [5.74, 6) is -1.38. The van der Waals surface area contributed by atoms with E-state index in [-0.39, 0.29) is 12.3 Å². The molecule has 1 rings (SSSR count). The van der Waals surface area contributed by atoms with Gasteiger partial charge in [-0.1, -0.05) is 28.9 Å². The number of amides is 2. The summed E-state index contributed by atoms with van der Waals surface area (Å²) in [6.45, 7) is 1.69. The zero-order chi connectivity index (χ0) is 14.4. The van der Waals surface area contributed by atoms with Crippen LogP contribution in [0, 0.1) is 17.2 Å². The van der Waals surface area contributed by atoms with Crippen LogP contribution in [-0.4, -0.2) is 17.9 Å². The predicted octanol–water partition coefficient (Wildman–Crippen LogP) is 1.58. The third-order valence-corrected chi connectivity index (χ3v) is 3.16. The number of nitrogens with zero attached hydrogens (tertiary/aromatic N) is 1. The van der Waals surface area contributed by atoms with Gasteiger partial charge < -0.3 is 11.1 Å². The van der Waals surface area contributed by atoms with Crippen molar-refractivity contribution in [3.05, 3.63) is 34.3 Å². The SMILES string of the molecule is C[C@@H](CC#N)[C@H](NC(=O)c1cccc(Br)c1)C(N)=O. The second kappa shape index (κ2) is 6.90. The molecule has 1 aromatic rings. The smallest absolute Gasteiger partial charge is 0.251 e. The highest BCUT2D eigenvalue weighted by Crippen LogP contribution is 2.13. The average molecular weight is 324 g/mol. The highest BCUT2D eigenvalue weighted by molar-refractivity contribution is 9.10. The maximum absolute atomic E-state index is 12.0. The van der Waals surface area contributed by atoms with E-state index < -0.39 is 17.9 Å². The maximum atomic E-state index is 12.0. The molecular weight excluding hydrogens is 310 g/mol. The fraction of sp³-hybridized carbons (Fsp3) is 0.308. The lowest BCUT2D eigenvalue weighted by molar-refractivity contribution is -0.120. The molecule has 6 heteroatoms. The summed E-state index contributed by atoms with van der Waals surface area (Å²) in [7, 11) is 0. The van der Waals surface area contributed by atoms with Gasteiger partial charge in [0.25, 0.3) is 5.91 Å². The molecule has 1 aromatic carbocycles. The fourth-order valence-corrected chi connectivity index (χ4v) is 2.01. The number of halogens is 1. The molecule has 3 N–H and O–H groups in total. The molecule has 0 heterocycles. The van der Waals surface area contributed by atoms with E-state index in [1.165, 1.54) is 0 Å². The average Bonchev–Trinajstić information content (AvgIpc) is 2.35. The summed E-state index contributed by atoms with van der Waals surface area (Å²) in [5, 5.41) is 11.2. The van der Waals surface area contributed by atoms with Crippen LogP contribution in [0.2, 0.25) is 0 Å². The Bertz CT molecular complexity index is 525. The largest absolute Gasteiger partial charge is 0.368 e. The minimum atomic E-state index is -0.855. The molecular formula is C13H14BrN3O2. The monoisotopic (exact) mass is 323 g/mol. The highest BCUT2D eigenvalue weighted by Gasteiger charge is 2.25. The first-order valence-corrected chi connectivity index (χ1v) is 6.47. The van der Waals surface area contributed by atoms with Gasteiger partial charge in [-0.05, 0) is 24.1 Å². The molecule has 0 saturated heterocycles. The lowest BCUT2D eigenvalue weighted by Crippen LogP contribution is -2.48. The quantitative estimate of drug-likeness (QED) is 0.861. The normalized spacial score (nSPS) is 13.1. The van der Waals surface area contributed by atoms with Crippen LogP contribution in [0.4, 0.5) is 0 Å². The van der Waals surface area contributed by atoms with Crippen molar-refractivity contribution in [1.82, 2.24) is 5.32 Å². The minimum absolute atomic E-state index is 0.145. The van der Waals surface area contributed by atoms with Crippen molar-refractivity contribution in [3.8, 4) is 6.07 Å². The molecule has 5 nitrogen and oxygen atoms in total. The molecule has 0 saturated carbocycles. The van der Waals surface area contributed by atoms with Gasteiger partial charge in [-0.3, -0.25) is 9.59 Å². The number of primary amides is 1. The number of rotatable bonds is 5. The molecule has 100 valence electrons. The molecule has 0 spiro atoms. The molecule has 0 aliphatic carbocycles. The first-order chi connectivity index (χ1) is 8.95. The van der Waals surface area contributed by atoms with Gasteiger partial charge in [0, 0.05) is 16.5 Å². The van der Waals surface area contributed by atoms with Crippen molar-refractivity contribution >= 4 is 27.7 Å². The van der Waals surface area contributed by atoms with Gasteiger partial charge in [0.05, 0.1) is 6.07 Å². The van der Waals surface area contributed by atoms with Crippen LogP contribution in [0.15, 0.2) is 28.7 Å².